The summed E-state index contributed by atoms with van der Waals surface area (Å²) < 4.78 is 2.67. The summed E-state index contributed by atoms with van der Waals surface area (Å²) in [5, 5.41) is 14.8. The zero-order chi connectivity index (χ0) is 19.4. The first-order chi connectivity index (χ1) is 13.0. The third kappa shape index (κ3) is 4.57. The number of fused-ring (bicyclic) bond motifs is 1. The lowest BCUT2D eigenvalue weighted by molar-refractivity contribution is -0.159. The number of aliphatic carboxylic acids is 2. The molecule has 144 valence electrons. The molecule has 0 atom stereocenters. The summed E-state index contributed by atoms with van der Waals surface area (Å²) in [6.07, 6.45) is 5.26. The Morgan fingerprint density at radius 3 is 2.33 bits per heavy atom. The molecule has 2 aromatic rings. The first kappa shape index (κ1) is 19.2. The lowest BCUT2D eigenvalue weighted by atomic mass is 10.1. The van der Waals surface area contributed by atoms with E-state index in [1.165, 1.54) is 43.5 Å². The molecule has 6 nitrogen and oxygen atoms in total. The Labute approximate surface area is 159 Å². The molecule has 1 aromatic heterocycles. The van der Waals surface area contributed by atoms with Gasteiger partial charge in [-0.05, 0) is 56.0 Å². The summed E-state index contributed by atoms with van der Waals surface area (Å²) in [4.78, 5) is 20.8. The SMILES string of the molecule is CCN1CCCc2c(cc(-c3ccccc3)n2C2CC2)C1.O=C(O)C(=O)O. The van der Waals surface area contributed by atoms with Crippen molar-refractivity contribution >= 4 is 11.9 Å². The van der Waals surface area contributed by atoms with Crippen molar-refractivity contribution in [1.82, 2.24) is 9.47 Å². The number of hydrogen-bond donors (Lipinski definition) is 2. The first-order valence-corrected chi connectivity index (χ1v) is 9.48. The van der Waals surface area contributed by atoms with Crippen molar-refractivity contribution in [2.45, 2.75) is 45.2 Å². The van der Waals surface area contributed by atoms with Crippen LogP contribution in [0.25, 0.3) is 11.3 Å². The van der Waals surface area contributed by atoms with Gasteiger partial charge in [0.2, 0.25) is 0 Å². The molecule has 0 saturated heterocycles. The Morgan fingerprint density at radius 1 is 1.11 bits per heavy atom. The lowest BCUT2D eigenvalue weighted by Crippen LogP contribution is -2.22. The minimum absolute atomic E-state index is 0.761. The number of rotatable bonds is 3. The van der Waals surface area contributed by atoms with E-state index >= 15 is 0 Å². The van der Waals surface area contributed by atoms with Gasteiger partial charge in [0.15, 0.2) is 0 Å². The monoisotopic (exact) mass is 370 g/mol. The van der Waals surface area contributed by atoms with Gasteiger partial charge in [-0.1, -0.05) is 37.3 Å². The molecule has 0 amide bonds. The smallest absolute Gasteiger partial charge is 0.414 e. The molecule has 1 aliphatic heterocycles. The van der Waals surface area contributed by atoms with Gasteiger partial charge >= 0.3 is 11.9 Å². The number of carboxylic acid groups (broad SMARTS) is 2. The van der Waals surface area contributed by atoms with Gasteiger partial charge in [-0.15, -0.1) is 0 Å². The molecule has 6 heteroatoms. The quantitative estimate of drug-likeness (QED) is 0.809. The molecule has 2 N–H and O–H groups in total. The Kier molecular flexibility index (Phi) is 5.96. The van der Waals surface area contributed by atoms with Crippen molar-refractivity contribution < 1.29 is 19.8 Å². The second-order valence-corrected chi connectivity index (χ2v) is 7.05. The largest absolute Gasteiger partial charge is 0.473 e. The summed E-state index contributed by atoms with van der Waals surface area (Å²) in [5.41, 5.74) is 6.01. The van der Waals surface area contributed by atoms with Crippen LogP contribution in [0.1, 0.15) is 43.5 Å². The first-order valence-electron chi connectivity index (χ1n) is 9.48. The van der Waals surface area contributed by atoms with Crippen LogP contribution in [0, 0.1) is 0 Å². The molecular formula is C21H26N2O4. The second kappa shape index (κ2) is 8.39. The minimum atomic E-state index is -1.82. The summed E-state index contributed by atoms with van der Waals surface area (Å²) >= 11 is 0. The molecular weight excluding hydrogens is 344 g/mol. The van der Waals surface area contributed by atoms with Crippen LogP contribution < -0.4 is 0 Å². The number of carboxylic acids is 2. The minimum Gasteiger partial charge on any atom is -0.473 e. The number of nitrogens with zero attached hydrogens (tertiary/aromatic N) is 2. The third-order valence-corrected chi connectivity index (χ3v) is 5.13. The number of hydrogen-bond acceptors (Lipinski definition) is 3. The average Bonchev–Trinajstić information content (AvgIpc) is 3.47. The van der Waals surface area contributed by atoms with Gasteiger partial charge in [-0.2, -0.15) is 0 Å². The van der Waals surface area contributed by atoms with Crippen LogP contribution >= 0.6 is 0 Å². The van der Waals surface area contributed by atoms with Crippen LogP contribution in [0.4, 0.5) is 0 Å². The van der Waals surface area contributed by atoms with E-state index in [-0.39, 0.29) is 0 Å². The van der Waals surface area contributed by atoms with Gasteiger partial charge < -0.3 is 14.8 Å². The fourth-order valence-corrected chi connectivity index (χ4v) is 3.68. The van der Waals surface area contributed by atoms with Gasteiger partial charge in [0.25, 0.3) is 0 Å². The van der Waals surface area contributed by atoms with Crippen molar-refractivity contribution in [1.29, 1.82) is 0 Å². The third-order valence-electron chi connectivity index (χ3n) is 5.13. The summed E-state index contributed by atoms with van der Waals surface area (Å²) in [7, 11) is 0. The molecule has 0 unspecified atom stereocenters. The zero-order valence-corrected chi connectivity index (χ0v) is 15.6. The van der Waals surface area contributed by atoms with Crippen LogP contribution in [0.5, 0.6) is 0 Å². The van der Waals surface area contributed by atoms with Crippen LogP contribution in [0.3, 0.4) is 0 Å². The topological polar surface area (TPSA) is 82.8 Å². The van der Waals surface area contributed by atoms with Gasteiger partial charge in [-0.3, -0.25) is 4.90 Å². The van der Waals surface area contributed by atoms with Crippen molar-refractivity contribution in [3.63, 3.8) is 0 Å². The maximum atomic E-state index is 9.10. The molecule has 0 radical (unpaired) electrons. The van der Waals surface area contributed by atoms with Gasteiger partial charge in [-0.25, -0.2) is 9.59 Å². The van der Waals surface area contributed by atoms with E-state index in [2.05, 4.69) is 52.8 Å². The Hall–Kier alpha value is -2.60. The summed E-state index contributed by atoms with van der Waals surface area (Å²) in [6.45, 7) is 5.82. The Bertz CT molecular complexity index is 797. The molecule has 2 aliphatic rings. The fraction of sp³-hybridized carbons (Fsp3) is 0.429. The van der Waals surface area contributed by atoms with Crippen molar-refractivity contribution in [3.8, 4) is 11.3 Å². The molecule has 1 fully saturated rings. The maximum Gasteiger partial charge on any atom is 0.414 e. The van der Waals surface area contributed by atoms with E-state index < -0.39 is 11.9 Å². The normalized spacial score (nSPS) is 16.6. The highest BCUT2D eigenvalue weighted by atomic mass is 16.4. The predicted octanol–water partition coefficient (Wildman–Crippen LogP) is 3.41. The van der Waals surface area contributed by atoms with E-state index in [9.17, 15) is 0 Å². The van der Waals surface area contributed by atoms with Gasteiger partial charge in [0.05, 0.1) is 0 Å². The Morgan fingerprint density at radius 2 is 1.78 bits per heavy atom. The van der Waals surface area contributed by atoms with Crippen molar-refractivity contribution in [2.24, 2.45) is 0 Å². The highest BCUT2D eigenvalue weighted by Gasteiger charge is 2.30. The van der Waals surface area contributed by atoms with Crippen molar-refractivity contribution in [3.05, 3.63) is 47.7 Å². The summed E-state index contributed by atoms with van der Waals surface area (Å²) in [5.74, 6) is -3.65. The fourth-order valence-electron chi connectivity index (χ4n) is 3.68. The molecule has 1 aliphatic carbocycles. The number of benzene rings is 1. The second-order valence-electron chi connectivity index (χ2n) is 7.05. The van der Waals surface area contributed by atoms with Crippen LogP contribution in [-0.2, 0) is 22.6 Å². The molecule has 2 heterocycles. The van der Waals surface area contributed by atoms with Crippen LogP contribution in [-0.4, -0.2) is 44.7 Å². The highest BCUT2D eigenvalue weighted by Crippen LogP contribution is 2.42. The molecule has 27 heavy (non-hydrogen) atoms. The molecule has 0 spiro atoms. The van der Waals surface area contributed by atoms with E-state index in [1.807, 2.05) is 0 Å². The lowest BCUT2D eigenvalue weighted by Gasteiger charge is -2.16. The molecule has 1 aromatic carbocycles. The molecule has 4 rings (SSSR count). The summed E-state index contributed by atoms with van der Waals surface area (Å²) in [6, 6.07) is 14.2. The van der Waals surface area contributed by atoms with Gasteiger partial charge in [0, 0.05) is 24.0 Å². The van der Waals surface area contributed by atoms with Crippen LogP contribution in [0.2, 0.25) is 0 Å². The predicted molar refractivity (Wildman–Crippen MR) is 103 cm³/mol. The Balaban J connectivity index is 0.000000307. The van der Waals surface area contributed by atoms with Crippen molar-refractivity contribution in [2.75, 3.05) is 13.1 Å². The molecule has 0 bridgehead atoms. The van der Waals surface area contributed by atoms with E-state index in [0.717, 1.165) is 19.1 Å². The average molecular weight is 370 g/mol. The van der Waals surface area contributed by atoms with E-state index in [0.29, 0.717) is 0 Å². The van der Waals surface area contributed by atoms with Gasteiger partial charge in [0.1, 0.15) is 0 Å². The zero-order valence-electron chi connectivity index (χ0n) is 15.6. The highest BCUT2D eigenvalue weighted by molar-refractivity contribution is 6.27. The van der Waals surface area contributed by atoms with E-state index in [1.54, 1.807) is 11.3 Å². The number of carbonyl (C=O) groups is 2. The van der Waals surface area contributed by atoms with Crippen LogP contribution in [0.15, 0.2) is 36.4 Å². The number of aromatic nitrogens is 1. The standard InChI is InChI=1S/C19H24N2.C2H2O4/c1-2-20-12-6-9-18-16(14-20)13-19(21(18)17-10-11-17)15-7-4-3-5-8-15;3-1(4)2(5)6/h3-5,7-8,13,17H,2,6,9-12,14H2,1H3;(H,3,4)(H,5,6). The molecule has 1 saturated carbocycles. The maximum absolute atomic E-state index is 9.10. The van der Waals surface area contributed by atoms with E-state index in [4.69, 9.17) is 19.8 Å².